The minimum absolute atomic E-state index is 0.253. The molecule has 0 saturated carbocycles. The quantitative estimate of drug-likeness (QED) is 0.550. The van der Waals surface area contributed by atoms with Gasteiger partial charge in [0, 0.05) is 30.4 Å². The van der Waals surface area contributed by atoms with Crippen molar-refractivity contribution < 1.29 is 14.8 Å². The average Bonchev–Trinajstić information content (AvgIpc) is 2.15. The van der Waals surface area contributed by atoms with Crippen molar-refractivity contribution in [2.75, 3.05) is 6.54 Å². The van der Waals surface area contributed by atoms with Crippen molar-refractivity contribution in [1.29, 1.82) is 0 Å². The zero-order valence-electron chi connectivity index (χ0n) is 9.84. The third kappa shape index (κ3) is 2.62. The van der Waals surface area contributed by atoms with Gasteiger partial charge in [-0.1, -0.05) is 20.8 Å². The molecule has 0 aromatic carbocycles. The second-order valence-electron chi connectivity index (χ2n) is 5.32. The Morgan fingerprint density at radius 2 is 2.06 bits per heavy atom. The van der Waals surface area contributed by atoms with E-state index in [1.165, 1.54) is 4.90 Å². The number of rotatable bonds is 1. The summed E-state index contributed by atoms with van der Waals surface area (Å²) in [7, 11) is 0. The molecule has 6 heteroatoms. The fraction of sp³-hybridized carbons (Fsp3) is 0.900. The molecule has 1 fully saturated rings. The largest absolute Gasteiger partial charge is 0.465 e. The number of nitro groups is 1. The van der Waals surface area contributed by atoms with Crippen LogP contribution in [0.5, 0.6) is 0 Å². The number of hydrogen-bond donors (Lipinski definition) is 1. The number of nitrogens with zero attached hydrogens (tertiary/aromatic N) is 2. The Morgan fingerprint density at radius 3 is 2.44 bits per heavy atom. The van der Waals surface area contributed by atoms with Crippen LogP contribution in [-0.4, -0.2) is 39.7 Å². The minimum Gasteiger partial charge on any atom is -0.465 e. The lowest BCUT2D eigenvalue weighted by molar-refractivity contribution is -0.528. The van der Waals surface area contributed by atoms with Crippen LogP contribution in [0.3, 0.4) is 0 Å². The normalized spacial score (nSPS) is 26.6. The first-order valence-electron chi connectivity index (χ1n) is 5.36. The van der Waals surface area contributed by atoms with E-state index in [2.05, 4.69) is 0 Å². The highest BCUT2D eigenvalue weighted by molar-refractivity contribution is 5.65. The fourth-order valence-electron chi connectivity index (χ4n) is 2.19. The van der Waals surface area contributed by atoms with Gasteiger partial charge in [0.2, 0.25) is 6.04 Å². The molecule has 1 amide bonds. The predicted molar refractivity (Wildman–Crippen MR) is 58.0 cm³/mol. The first-order chi connectivity index (χ1) is 7.23. The summed E-state index contributed by atoms with van der Waals surface area (Å²) >= 11 is 0. The number of likely N-dealkylation sites (tertiary alicyclic amines) is 1. The number of carboxylic acid groups (broad SMARTS) is 1. The summed E-state index contributed by atoms with van der Waals surface area (Å²) in [6.45, 7) is 5.99. The molecule has 0 aromatic rings. The highest BCUT2D eigenvalue weighted by Crippen LogP contribution is 2.32. The predicted octanol–water partition coefficient (Wildman–Crippen LogP) is 1.82. The van der Waals surface area contributed by atoms with Gasteiger partial charge < -0.3 is 10.0 Å². The monoisotopic (exact) mass is 230 g/mol. The standard InChI is InChI=1S/C10H18N2O4/c1-10(2,3)8-6-7(12(15)16)4-5-11(8)9(13)14/h7-8H,4-6H2,1-3H3,(H,13,14). The number of piperidine rings is 1. The fourth-order valence-corrected chi connectivity index (χ4v) is 2.19. The van der Waals surface area contributed by atoms with E-state index >= 15 is 0 Å². The summed E-state index contributed by atoms with van der Waals surface area (Å²) in [4.78, 5) is 22.8. The van der Waals surface area contributed by atoms with Crippen LogP contribution < -0.4 is 0 Å². The van der Waals surface area contributed by atoms with Crippen LogP contribution >= 0.6 is 0 Å². The maximum atomic E-state index is 11.0. The molecule has 0 spiro atoms. The molecule has 2 atom stereocenters. The molecule has 1 N–H and O–H groups in total. The topological polar surface area (TPSA) is 83.7 Å². The third-order valence-electron chi connectivity index (χ3n) is 3.12. The Labute approximate surface area is 94.4 Å². The van der Waals surface area contributed by atoms with Gasteiger partial charge in [0.1, 0.15) is 0 Å². The molecule has 1 saturated heterocycles. The molecule has 1 rings (SSSR count). The van der Waals surface area contributed by atoms with E-state index in [0.717, 1.165) is 0 Å². The van der Waals surface area contributed by atoms with Crippen molar-refractivity contribution in [2.45, 2.75) is 45.7 Å². The summed E-state index contributed by atoms with van der Waals surface area (Å²) in [5.74, 6) is 0. The zero-order valence-corrected chi connectivity index (χ0v) is 9.84. The smallest absolute Gasteiger partial charge is 0.407 e. The molecule has 2 unspecified atom stereocenters. The van der Waals surface area contributed by atoms with E-state index in [0.29, 0.717) is 12.8 Å². The molecule has 0 radical (unpaired) electrons. The van der Waals surface area contributed by atoms with Crippen LogP contribution in [0, 0.1) is 15.5 Å². The Kier molecular flexibility index (Phi) is 3.40. The molecule has 1 aliphatic rings. The van der Waals surface area contributed by atoms with E-state index in [1.54, 1.807) is 0 Å². The molecule has 0 aromatic heterocycles. The molecule has 0 bridgehead atoms. The first-order valence-corrected chi connectivity index (χ1v) is 5.36. The van der Waals surface area contributed by atoms with Crippen molar-refractivity contribution in [1.82, 2.24) is 4.90 Å². The molecular weight excluding hydrogens is 212 g/mol. The van der Waals surface area contributed by atoms with E-state index in [9.17, 15) is 14.9 Å². The van der Waals surface area contributed by atoms with Gasteiger partial charge in [-0.25, -0.2) is 4.79 Å². The average molecular weight is 230 g/mol. The van der Waals surface area contributed by atoms with Crippen molar-refractivity contribution in [3.63, 3.8) is 0 Å². The first kappa shape index (κ1) is 12.7. The highest BCUT2D eigenvalue weighted by Gasteiger charge is 2.42. The van der Waals surface area contributed by atoms with Crippen LogP contribution in [0.4, 0.5) is 4.79 Å². The van der Waals surface area contributed by atoms with E-state index in [4.69, 9.17) is 5.11 Å². The molecule has 92 valence electrons. The lowest BCUT2D eigenvalue weighted by Crippen LogP contribution is -2.54. The minimum atomic E-state index is -0.985. The molecule has 0 aliphatic carbocycles. The third-order valence-corrected chi connectivity index (χ3v) is 3.12. The van der Waals surface area contributed by atoms with Gasteiger partial charge >= 0.3 is 6.09 Å². The van der Waals surface area contributed by atoms with Crippen molar-refractivity contribution >= 4 is 6.09 Å². The van der Waals surface area contributed by atoms with Crippen molar-refractivity contribution in [3.8, 4) is 0 Å². The maximum absolute atomic E-state index is 11.0. The van der Waals surface area contributed by atoms with Crippen LogP contribution in [0.2, 0.25) is 0 Å². The number of hydrogen-bond acceptors (Lipinski definition) is 3. The van der Waals surface area contributed by atoms with Crippen molar-refractivity contribution in [2.24, 2.45) is 5.41 Å². The Morgan fingerprint density at radius 1 is 1.50 bits per heavy atom. The van der Waals surface area contributed by atoms with Gasteiger partial charge in [0.05, 0.1) is 0 Å². The van der Waals surface area contributed by atoms with Crippen LogP contribution in [0.1, 0.15) is 33.6 Å². The van der Waals surface area contributed by atoms with Gasteiger partial charge in [-0.15, -0.1) is 0 Å². The summed E-state index contributed by atoms with van der Waals surface area (Å²) < 4.78 is 0. The number of carbonyl (C=O) groups is 1. The lowest BCUT2D eigenvalue weighted by Gasteiger charge is -2.42. The number of amides is 1. The summed E-state index contributed by atoms with van der Waals surface area (Å²) in [5.41, 5.74) is -0.271. The SMILES string of the molecule is CC(C)(C)C1CC([N+](=O)[O-])CCN1C(=O)O. The summed E-state index contributed by atoms with van der Waals surface area (Å²) in [6, 6.07) is -0.894. The molecular formula is C10H18N2O4. The van der Waals surface area contributed by atoms with Gasteiger partial charge in [0.15, 0.2) is 0 Å². The van der Waals surface area contributed by atoms with Crippen molar-refractivity contribution in [3.05, 3.63) is 10.1 Å². The molecule has 6 nitrogen and oxygen atoms in total. The summed E-state index contributed by atoms with van der Waals surface area (Å²) in [5, 5.41) is 19.8. The Balaban J connectivity index is 2.86. The lowest BCUT2D eigenvalue weighted by atomic mass is 9.79. The zero-order chi connectivity index (χ0) is 12.5. The Hall–Kier alpha value is -1.33. The van der Waals surface area contributed by atoms with Crippen LogP contribution in [0.15, 0.2) is 0 Å². The van der Waals surface area contributed by atoms with Crippen LogP contribution in [0.25, 0.3) is 0 Å². The van der Waals surface area contributed by atoms with E-state index in [-0.39, 0.29) is 22.9 Å². The molecule has 1 aliphatic heterocycles. The van der Waals surface area contributed by atoms with Gasteiger partial charge in [-0.05, 0) is 5.41 Å². The van der Waals surface area contributed by atoms with Gasteiger partial charge in [-0.2, -0.15) is 0 Å². The van der Waals surface area contributed by atoms with Crippen LogP contribution in [-0.2, 0) is 0 Å². The highest BCUT2D eigenvalue weighted by atomic mass is 16.6. The summed E-state index contributed by atoms with van der Waals surface area (Å²) in [6.07, 6.45) is -0.365. The van der Waals surface area contributed by atoms with Gasteiger partial charge in [-0.3, -0.25) is 10.1 Å². The Bertz CT molecular complexity index is 298. The van der Waals surface area contributed by atoms with E-state index < -0.39 is 12.1 Å². The second kappa shape index (κ2) is 4.27. The second-order valence-corrected chi connectivity index (χ2v) is 5.32. The molecule has 16 heavy (non-hydrogen) atoms. The van der Waals surface area contributed by atoms with Gasteiger partial charge in [0.25, 0.3) is 0 Å². The van der Waals surface area contributed by atoms with E-state index in [1.807, 2.05) is 20.8 Å². The maximum Gasteiger partial charge on any atom is 0.407 e. The molecule has 1 heterocycles.